The number of rotatable bonds is 8. The minimum Gasteiger partial charge on any atom is -0.483 e. The number of fused-ring (bicyclic) bond motifs is 1. The summed E-state index contributed by atoms with van der Waals surface area (Å²) in [5.74, 6) is 1.21. The molecule has 146 valence electrons. The number of para-hydroxylation sites is 1. The van der Waals surface area contributed by atoms with Gasteiger partial charge in [-0.05, 0) is 28.5 Å². The molecule has 0 fully saturated rings. The van der Waals surface area contributed by atoms with Crippen LogP contribution in [0, 0.1) is 5.82 Å². The van der Waals surface area contributed by atoms with E-state index in [0.717, 1.165) is 10.9 Å². The Morgan fingerprint density at radius 3 is 2.66 bits per heavy atom. The zero-order valence-electron chi connectivity index (χ0n) is 15.8. The molecule has 0 spiro atoms. The zero-order chi connectivity index (χ0) is 20.1. The lowest BCUT2D eigenvalue weighted by Crippen LogP contribution is -2.08. The van der Waals surface area contributed by atoms with E-state index in [4.69, 9.17) is 4.74 Å². The molecule has 0 amide bonds. The number of aromatic nitrogens is 3. The fourth-order valence-electron chi connectivity index (χ4n) is 3.11. The van der Waals surface area contributed by atoms with Crippen LogP contribution in [0.5, 0.6) is 5.75 Å². The van der Waals surface area contributed by atoms with Crippen molar-refractivity contribution >= 4 is 22.5 Å². The zero-order valence-corrected chi connectivity index (χ0v) is 16.6. The highest BCUT2D eigenvalue weighted by Crippen LogP contribution is 2.27. The minimum atomic E-state index is -0.396. The van der Waals surface area contributed by atoms with Crippen molar-refractivity contribution in [2.75, 3.05) is 0 Å². The van der Waals surface area contributed by atoms with E-state index in [9.17, 15) is 4.39 Å². The van der Waals surface area contributed by atoms with E-state index in [1.54, 1.807) is 36.0 Å². The normalized spacial score (nSPS) is 10.9. The van der Waals surface area contributed by atoms with E-state index < -0.39 is 5.82 Å². The number of nitrogens with zero attached hydrogens (tertiary/aromatic N) is 3. The van der Waals surface area contributed by atoms with E-state index in [-0.39, 0.29) is 12.4 Å². The SMILES string of the molecule is C=CCn1c(COc2ccccc2F)nnc1SCc1cccc2ccccc12. The highest BCUT2D eigenvalue weighted by molar-refractivity contribution is 7.98. The second-order valence-electron chi connectivity index (χ2n) is 6.44. The highest BCUT2D eigenvalue weighted by atomic mass is 32.2. The van der Waals surface area contributed by atoms with Crippen molar-refractivity contribution in [3.8, 4) is 5.75 Å². The number of thioether (sulfide) groups is 1. The monoisotopic (exact) mass is 405 g/mol. The molecule has 29 heavy (non-hydrogen) atoms. The first-order valence-corrected chi connectivity index (χ1v) is 10.2. The van der Waals surface area contributed by atoms with Crippen molar-refractivity contribution in [1.82, 2.24) is 14.8 Å². The Morgan fingerprint density at radius 1 is 1.00 bits per heavy atom. The Hall–Kier alpha value is -3.12. The van der Waals surface area contributed by atoms with Crippen molar-refractivity contribution in [3.05, 3.63) is 96.6 Å². The molecular formula is C23H20FN3OS. The van der Waals surface area contributed by atoms with Crippen molar-refractivity contribution in [3.63, 3.8) is 0 Å². The third kappa shape index (κ3) is 4.32. The Morgan fingerprint density at radius 2 is 1.79 bits per heavy atom. The third-order valence-electron chi connectivity index (χ3n) is 4.54. The van der Waals surface area contributed by atoms with Crippen LogP contribution in [-0.2, 0) is 18.9 Å². The van der Waals surface area contributed by atoms with Gasteiger partial charge in [0.2, 0.25) is 0 Å². The topological polar surface area (TPSA) is 39.9 Å². The number of halogens is 1. The van der Waals surface area contributed by atoms with Crippen molar-refractivity contribution in [2.45, 2.75) is 24.1 Å². The predicted octanol–water partition coefficient (Wildman–Crippen LogP) is 5.63. The number of ether oxygens (including phenoxy) is 1. The van der Waals surface area contributed by atoms with Crippen LogP contribution < -0.4 is 4.74 Å². The molecule has 0 saturated heterocycles. The lowest BCUT2D eigenvalue weighted by atomic mass is 10.1. The summed E-state index contributed by atoms with van der Waals surface area (Å²) < 4.78 is 21.3. The second-order valence-corrected chi connectivity index (χ2v) is 7.39. The van der Waals surface area contributed by atoms with Crippen molar-refractivity contribution < 1.29 is 9.13 Å². The van der Waals surface area contributed by atoms with Crippen LogP contribution in [0.3, 0.4) is 0 Å². The van der Waals surface area contributed by atoms with Gasteiger partial charge in [-0.25, -0.2) is 4.39 Å². The summed E-state index contributed by atoms with van der Waals surface area (Å²) in [4.78, 5) is 0. The fraction of sp³-hybridized carbons (Fsp3) is 0.130. The number of hydrogen-bond acceptors (Lipinski definition) is 4. The first-order valence-electron chi connectivity index (χ1n) is 9.26. The number of hydrogen-bond donors (Lipinski definition) is 0. The van der Waals surface area contributed by atoms with Gasteiger partial charge in [-0.1, -0.05) is 72.4 Å². The van der Waals surface area contributed by atoms with Crippen LogP contribution in [0.25, 0.3) is 10.8 Å². The van der Waals surface area contributed by atoms with E-state index in [2.05, 4.69) is 53.2 Å². The van der Waals surface area contributed by atoms with Gasteiger partial charge in [-0.15, -0.1) is 16.8 Å². The van der Waals surface area contributed by atoms with Crippen LogP contribution >= 0.6 is 11.8 Å². The molecule has 1 aromatic heterocycles. The summed E-state index contributed by atoms with van der Waals surface area (Å²) in [6.07, 6.45) is 1.79. The van der Waals surface area contributed by atoms with E-state index in [1.165, 1.54) is 22.4 Å². The molecular weight excluding hydrogens is 385 g/mol. The van der Waals surface area contributed by atoms with Crippen molar-refractivity contribution in [1.29, 1.82) is 0 Å². The van der Waals surface area contributed by atoms with E-state index >= 15 is 0 Å². The maximum absolute atomic E-state index is 13.8. The van der Waals surface area contributed by atoms with Crippen molar-refractivity contribution in [2.24, 2.45) is 0 Å². The average Bonchev–Trinajstić information content (AvgIpc) is 3.13. The first-order chi connectivity index (χ1) is 14.3. The van der Waals surface area contributed by atoms with Crippen LogP contribution in [0.4, 0.5) is 4.39 Å². The fourth-order valence-corrected chi connectivity index (χ4v) is 4.08. The minimum absolute atomic E-state index is 0.136. The first kappa shape index (κ1) is 19.2. The molecule has 4 nitrogen and oxygen atoms in total. The molecule has 0 N–H and O–H groups in total. The van der Waals surface area contributed by atoms with Gasteiger partial charge in [0.05, 0.1) is 0 Å². The molecule has 4 rings (SSSR count). The van der Waals surface area contributed by atoms with Gasteiger partial charge in [0, 0.05) is 12.3 Å². The Bertz CT molecular complexity index is 1140. The molecule has 4 aromatic rings. The van der Waals surface area contributed by atoms with E-state index in [0.29, 0.717) is 12.4 Å². The quantitative estimate of drug-likeness (QED) is 0.281. The number of benzene rings is 3. The molecule has 0 bridgehead atoms. The average molecular weight is 405 g/mol. The predicted molar refractivity (Wildman–Crippen MR) is 114 cm³/mol. The third-order valence-corrected chi connectivity index (χ3v) is 5.55. The summed E-state index contributed by atoms with van der Waals surface area (Å²) in [7, 11) is 0. The second kappa shape index (κ2) is 8.92. The van der Waals surface area contributed by atoms with Gasteiger partial charge in [-0.3, -0.25) is 4.57 Å². The molecule has 0 aliphatic heterocycles. The molecule has 0 aliphatic rings. The lowest BCUT2D eigenvalue weighted by Gasteiger charge is -2.10. The molecule has 3 aromatic carbocycles. The van der Waals surface area contributed by atoms with Gasteiger partial charge >= 0.3 is 0 Å². The molecule has 0 aliphatic carbocycles. The van der Waals surface area contributed by atoms with Crippen LogP contribution in [0.2, 0.25) is 0 Å². The lowest BCUT2D eigenvalue weighted by molar-refractivity contribution is 0.275. The summed E-state index contributed by atoms with van der Waals surface area (Å²) in [5, 5.41) is 11.8. The maximum Gasteiger partial charge on any atom is 0.191 e. The summed E-state index contributed by atoms with van der Waals surface area (Å²) >= 11 is 1.61. The van der Waals surface area contributed by atoms with Crippen LogP contribution in [0.15, 0.2) is 84.5 Å². The highest BCUT2D eigenvalue weighted by Gasteiger charge is 2.14. The molecule has 1 heterocycles. The molecule has 0 atom stereocenters. The van der Waals surface area contributed by atoms with Crippen LogP contribution in [-0.4, -0.2) is 14.8 Å². The van der Waals surface area contributed by atoms with Gasteiger partial charge < -0.3 is 4.74 Å². The Balaban J connectivity index is 1.52. The van der Waals surface area contributed by atoms with Gasteiger partial charge in [0.15, 0.2) is 22.5 Å². The van der Waals surface area contributed by atoms with Crippen LogP contribution in [0.1, 0.15) is 11.4 Å². The van der Waals surface area contributed by atoms with Gasteiger partial charge in [-0.2, -0.15) is 0 Å². The molecule has 0 radical (unpaired) electrons. The Labute approximate surface area is 173 Å². The maximum atomic E-state index is 13.8. The summed E-state index contributed by atoms with van der Waals surface area (Å²) in [5.41, 5.74) is 1.24. The largest absolute Gasteiger partial charge is 0.483 e. The van der Waals surface area contributed by atoms with E-state index in [1.807, 2.05) is 10.6 Å². The standard InChI is InChI=1S/C23H20FN3OS/c1-2-14-27-22(15-28-21-13-6-5-12-20(21)24)25-26-23(27)29-16-18-10-7-9-17-8-3-4-11-19(17)18/h2-13H,1,14-16H2. The molecule has 6 heteroatoms. The molecule has 0 unspecified atom stereocenters. The Kier molecular flexibility index (Phi) is 5.91. The smallest absolute Gasteiger partial charge is 0.191 e. The molecule has 0 saturated carbocycles. The summed E-state index contributed by atoms with van der Waals surface area (Å²) in [6.45, 7) is 4.51. The van der Waals surface area contributed by atoms with Gasteiger partial charge in [0.1, 0.15) is 6.61 Å². The summed E-state index contributed by atoms with van der Waals surface area (Å²) in [6, 6.07) is 21.0. The van der Waals surface area contributed by atoms with Gasteiger partial charge in [0.25, 0.3) is 0 Å². The number of allylic oxidation sites excluding steroid dienone is 1.